The molecule has 1 aliphatic carbocycles. The molecule has 3 rings (SSSR count). The predicted octanol–water partition coefficient (Wildman–Crippen LogP) is 3.54. The molecule has 1 aromatic carbocycles. The highest BCUT2D eigenvalue weighted by atomic mass is 16.5. The van der Waals surface area contributed by atoms with Crippen LogP contribution in [0, 0.1) is 23.2 Å². The maximum Gasteiger partial charge on any atom is 0.168 e. The van der Waals surface area contributed by atoms with E-state index in [1.54, 1.807) is 12.1 Å². The van der Waals surface area contributed by atoms with E-state index in [-0.39, 0.29) is 5.78 Å². The summed E-state index contributed by atoms with van der Waals surface area (Å²) in [5, 5.41) is 12.9. The van der Waals surface area contributed by atoms with Crippen molar-refractivity contribution in [1.29, 1.82) is 5.26 Å². The van der Waals surface area contributed by atoms with Crippen LogP contribution in [0.2, 0.25) is 0 Å². The summed E-state index contributed by atoms with van der Waals surface area (Å²) < 4.78 is 5.44. The van der Waals surface area contributed by atoms with Gasteiger partial charge in [-0.15, -0.1) is 0 Å². The van der Waals surface area contributed by atoms with Gasteiger partial charge >= 0.3 is 0 Å². The number of nitrogens with zero attached hydrogens (tertiary/aromatic N) is 2. The Bertz CT molecular complexity index is 735. The molecule has 0 aliphatic heterocycles. The van der Waals surface area contributed by atoms with Crippen molar-refractivity contribution in [3.63, 3.8) is 0 Å². The normalized spacial score (nSPS) is 17.4. The molecule has 0 spiro atoms. The standard InChI is InChI=1S/C18H18N2O2/c1-11(2)14-8-15-18(16(21)9-14)17(22-20-15)7-12-3-5-13(10-19)6-4-12/h3-6,11,14H,7-9H2,1-2H3. The van der Waals surface area contributed by atoms with Gasteiger partial charge in [0, 0.05) is 12.8 Å². The zero-order chi connectivity index (χ0) is 15.7. The van der Waals surface area contributed by atoms with Crippen molar-refractivity contribution in [1.82, 2.24) is 5.16 Å². The Labute approximate surface area is 129 Å². The minimum absolute atomic E-state index is 0.143. The molecule has 0 N–H and O–H groups in total. The van der Waals surface area contributed by atoms with Gasteiger partial charge in [0.05, 0.1) is 22.9 Å². The summed E-state index contributed by atoms with van der Waals surface area (Å²) in [6.07, 6.45) is 1.92. The van der Waals surface area contributed by atoms with Crippen molar-refractivity contribution in [2.45, 2.75) is 33.1 Å². The third-order valence-corrected chi connectivity index (χ3v) is 4.41. The first kappa shape index (κ1) is 14.5. The van der Waals surface area contributed by atoms with Gasteiger partial charge in [-0.1, -0.05) is 31.1 Å². The molecular formula is C18H18N2O2. The second-order valence-electron chi connectivity index (χ2n) is 6.25. The first-order valence-electron chi connectivity index (χ1n) is 7.58. The monoisotopic (exact) mass is 294 g/mol. The molecule has 112 valence electrons. The van der Waals surface area contributed by atoms with E-state index in [9.17, 15) is 4.79 Å². The number of benzene rings is 1. The first-order chi connectivity index (χ1) is 10.6. The highest BCUT2D eigenvalue weighted by Crippen LogP contribution is 2.32. The van der Waals surface area contributed by atoms with Gasteiger partial charge in [0.2, 0.25) is 0 Å². The van der Waals surface area contributed by atoms with Crippen molar-refractivity contribution in [3.8, 4) is 6.07 Å². The molecule has 4 nitrogen and oxygen atoms in total. The van der Waals surface area contributed by atoms with Crippen LogP contribution in [0.5, 0.6) is 0 Å². The highest BCUT2D eigenvalue weighted by Gasteiger charge is 2.32. The van der Waals surface area contributed by atoms with Crippen molar-refractivity contribution >= 4 is 5.78 Å². The maximum absolute atomic E-state index is 12.4. The zero-order valence-corrected chi connectivity index (χ0v) is 12.8. The number of Topliss-reactive ketones (excluding diaryl/α,β-unsaturated/α-hetero) is 1. The van der Waals surface area contributed by atoms with Crippen LogP contribution in [0.3, 0.4) is 0 Å². The molecule has 0 amide bonds. The number of carbonyl (C=O) groups excluding carboxylic acids is 1. The lowest BCUT2D eigenvalue weighted by Crippen LogP contribution is -2.24. The summed E-state index contributed by atoms with van der Waals surface area (Å²) in [4.78, 5) is 12.4. The molecule has 0 radical (unpaired) electrons. The van der Waals surface area contributed by atoms with E-state index in [0.29, 0.717) is 41.6 Å². The Kier molecular flexibility index (Phi) is 3.81. The molecule has 1 unspecified atom stereocenters. The quantitative estimate of drug-likeness (QED) is 0.868. The number of aromatic nitrogens is 1. The third kappa shape index (κ3) is 2.67. The maximum atomic E-state index is 12.4. The lowest BCUT2D eigenvalue weighted by molar-refractivity contribution is 0.0932. The van der Waals surface area contributed by atoms with E-state index in [1.165, 1.54) is 0 Å². The summed E-state index contributed by atoms with van der Waals surface area (Å²) in [5.74, 6) is 1.61. The average Bonchev–Trinajstić information content (AvgIpc) is 2.91. The van der Waals surface area contributed by atoms with Crippen LogP contribution in [-0.4, -0.2) is 10.9 Å². The summed E-state index contributed by atoms with van der Waals surface area (Å²) in [6, 6.07) is 9.41. The minimum atomic E-state index is 0.143. The van der Waals surface area contributed by atoms with Gasteiger partial charge in [-0.05, 0) is 36.0 Å². The van der Waals surface area contributed by atoms with Gasteiger partial charge in [-0.2, -0.15) is 5.26 Å². The summed E-state index contributed by atoms with van der Waals surface area (Å²) in [7, 11) is 0. The lowest BCUT2D eigenvalue weighted by atomic mass is 9.79. The van der Waals surface area contributed by atoms with Gasteiger partial charge in [-0.3, -0.25) is 4.79 Å². The van der Waals surface area contributed by atoms with Crippen molar-refractivity contribution < 1.29 is 9.32 Å². The smallest absolute Gasteiger partial charge is 0.168 e. The molecule has 0 saturated carbocycles. The zero-order valence-electron chi connectivity index (χ0n) is 12.8. The van der Waals surface area contributed by atoms with Crippen molar-refractivity contribution in [2.75, 3.05) is 0 Å². The van der Waals surface area contributed by atoms with Crippen LogP contribution in [0.1, 0.15) is 53.2 Å². The minimum Gasteiger partial charge on any atom is -0.360 e. The second-order valence-corrected chi connectivity index (χ2v) is 6.25. The van der Waals surface area contributed by atoms with E-state index in [4.69, 9.17) is 9.78 Å². The van der Waals surface area contributed by atoms with Gasteiger partial charge in [0.25, 0.3) is 0 Å². The van der Waals surface area contributed by atoms with Crippen molar-refractivity contribution in [2.24, 2.45) is 11.8 Å². The Morgan fingerprint density at radius 3 is 2.68 bits per heavy atom. The topological polar surface area (TPSA) is 66.9 Å². The number of fused-ring (bicyclic) bond motifs is 1. The van der Waals surface area contributed by atoms with E-state index in [2.05, 4.69) is 25.1 Å². The summed E-state index contributed by atoms with van der Waals surface area (Å²) >= 11 is 0. The number of ketones is 1. The number of carbonyl (C=O) groups is 1. The van der Waals surface area contributed by atoms with Crippen LogP contribution in [-0.2, 0) is 12.8 Å². The van der Waals surface area contributed by atoms with Crippen LogP contribution < -0.4 is 0 Å². The Morgan fingerprint density at radius 1 is 1.32 bits per heavy atom. The predicted molar refractivity (Wildman–Crippen MR) is 81.4 cm³/mol. The fourth-order valence-electron chi connectivity index (χ4n) is 2.95. The van der Waals surface area contributed by atoms with Gasteiger partial charge in [-0.25, -0.2) is 0 Å². The van der Waals surface area contributed by atoms with Crippen LogP contribution in [0.15, 0.2) is 28.8 Å². The molecular weight excluding hydrogens is 276 g/mol. The Hall–Kier alpha value is -2.41. The SMILES string of the molecule is CC(C)C1CC(=O)c2c(noc2Cc2ccc(C#N)cc2)C1. The molecule has 0 fully saturated rings. The van der Waals surface area contributed by atoms with Gasteiger partial charge in [0.1, 0.15) is 0 Å². The summed E-state index contributed by atoms with van der Waals surface area (Å²) in [5.41, 5.74) is 3.12. The van der Waals surface area contributed by atoms with Crippen LogP contribution in [0.4, 0.5) is 0 Å². The number of nitriles is 1. The van der Waals surface area contributed by atoms with E-state index in [0.717, 1.165) is 17.7 Å². The molecule has 1 aromatic heterocycles. The van der Waals surface area contributed by atoms with Gasteiger partial charge in [0.15, 0.2) is 11.5 Å². The molecule has 22 heavy (non-hydrogen) atoms. The fourth-order valence-corrected chi connectivity index (χ4v) is 2.95. The van der Waals surface area contributed by atoms with E-state index in [1.807, 2.05) is 12.1 Å². The number of hydrogen-bond acceptors (Lipinski definition) is 4. The Balaban J connectivity index is 1.85. The largest absolute Gasteiger partial charge is 0.360 e. The molecule has 0 saturated heterocycles. The average molecular weight is 294 g/mol. The molecule has 4 heteroatoms. The molecule has 1 aliphatic rings. The molecule has 1 atom stereocenters. The van der Waals surface area contributed by atoms with Gasteiger partial charge < -0.3 is 4.52 Å². The third-order valence-electron chi connectivity index (χ3n) is 4.41. The Morgan fingerprint density at radius 2 is 2.05 bits per heavy atom. The number of hydrogen-bond donors (Lipinski definition) is 0. The molecule has 2 aromatic rings. The highest BCUT2D eigenvalue weighted by molar-refractivity contribution is 5.99. The van der Waals surface area contributed by atoms with E-state index >= 15 is 0 Å². The number of rotatable bonds is 3. The fraction of sp³-hybridized carbons (Fsp3) is 0.389. The summed E-state index contributed by atoms with van der Waals surface area (Å²) in [6.45, 7) is 4.28. The molecule has 0 bridgehead atoms. The second kappa shape index (κ2) is 5.76. The van der Waals surface area contributed by atoms with Crippen LogP contribution >= 0.6 is 0 Å². The van der Waals surface area contributed by atoms with E-state index < -0.39 is 0 Å². The van der Waals surface area contributed by atoms with Crippen LogP contribution in [0.25, 0.3) is 0 Å². The van der Waals surface area contributed by atoms with Crippen molar-refractivity contribution in [3.05, 3.63) is 52.4 Å². The first-order valence-corrected chi connectivity index (χ1v) is 7.58. The lowest BCUT2D eigenvalue weighted by Gasteiger charge is -2.23. The molecule has 1 heterocycles.